The maximum Gasteiger partial charge on any atom is 0.339 e. The molecule has 0 spiro atoms. The number of rotatable bonds is 6. The van der Waals surface area contributed by atoms with Gasteiger partial charge < -0.3 is 18.1 Å². The van der Waals surface area contributed by atoms with Crippen LogP contribution in [0.5, 0.6) is 17.2 Å². The molecule has 0 amide bonds. The summed E-state index contributed by atoms with van der Waals surface area (Å²) < 4.78 is 48.1. The highest BCUT2D eigenvalue weighted by molar-refractivity contribution is 7.87. The zero-order valence-electron chi connectivity index (χ0n) is 17.6. The lowest BCUT2D eigenvalue weighted by molar-refractivity contribution is 0.402. The van der Waals surface area contributed by atoms with Gasteiger partial charge in [-0.2, -0.15) is 8.42 Å². The monoisotopic (exact) mass is 452 g/mol. The van der Waals surface area contributed by atoms with Gasteiger partial charge in [0.1, 0.15) is 22.0 Å². The molecule has 4 rings (SSSR count). The first-order valence-electron chi connectivity index (χ1n) is 9.63. The lowest BCUT2D eigenvalue weighted by atomic mass is 10.1. The molecule has 1 aromatic heterocycles. The molecule has 0 unspecified atom stereocenters. The van der Waals surface area contributed by atoms with Crippen molar-refractivity contribution in [3.05, 3.63) is 82.5 Å². The van der Waals surface area contributed by atoms with E-state index in [9.17, 15) is 13.2 Å². The van der Waals surface area contributed by atoms with Gasteiger partial charge in [0, 0.05) is 0 Å². The molecule has 4 aromatic rings. The molecule has 0 aliphatic rings. The number of methoxy groups -OCH3 is 2. The summed E-state index contributed by atoms with van der Waals surface area (Å²) in [5.74, 6) is 0.265. The van der Waals surface area contributed by atoms with Crippen molar-refractivity contribution in [3.63, 3.8) is 0 Å². The van der Waals surface area contributed by atoms with Crippen LogP contribution in [0.3, 0.4) is 0 Å². The Morgan fingerprint density at radius 3 is 2.28 bits per heavy atom. The molecule has 164 valence electrons. The summed E-state index contributed by atoms with van der Waals surface area (Å²) in [6, 6.07) is 17.5. The standard InChI is InChI=1S/C24H20O7S/c1-15-8-11-17(12-9-15)32(26,27)31-24-22(25)18-6-4-5-7-21(18)30-23(24)19-14-16(28-2)10-13-20(19)29-3/h4-14H,1-3H3. The molecule has 3 aromatic carbocycles. The van der Waals surface area contributed by atoms with Gasteiger partial charge in [-0.15, -0.1) is 0 Å². The third-order valence-electron chi connectivity index (χ3n) is 4.91. The van der Waals surface area contributed by atoms with Crippen molar-refractivity contribution in [2.24, 2.45) is 0 Å². The zero-order valence-corrected chi connectivity index (χ0v) is 18.4. The molecule has 0 fully saturated rings. The van der Waals surface area contributed by atoms with E-state index in [1.54, 1.807) is 54.6 Å². The number of aryl methyl sites for hydroxylation is 1. The normalized spacial score (nSPS) is 11.3. The highest BCUT2D eigenvalue weighted by Gasteiger charge is 2.27. The molecule has 0 radical (unpaired) electrons. The largest absolute Gasteiger partial charge is 0.497 e. The zero-order chi connectivity index (χ0) is 22.9. The molecule has 0 saturated heterocycles. The Hall–Kier alpha value is -3.78. The molecular weight excluding hydrogens is 432 g/mol. The number of ether oxygens (including phenoxy) is 2. The summed E-state index contributed by atoms with van der Waals surface area (Å²) in [5.41, 5.74) is 0.847. The van der Waals surface area contributed by atoms with Crippen molar-refractivity contribution < 1.29 is 26.5 Å². The lowest BCUT2D eigenvalue weighted by Gasteiger charge is -2.14. The van der Waals surface area contributed by atoms with Crippen LogP contribution in [0.2, 0.25) is 0 Å². The van der Waals surface area contributed by atoms with Crippen molar-refractivity contribution in [1.82, 2.24) is 0 Å². The van der Waals surface area contributed by atoms with Gasteiger partial charge in [-0.1, -0.05) is 29.8 Å². The molecule has 0 aliphatic carbocycles. The average molecular weight is 452 g/mol. The van der Waals surface area contributed by atoms with E-state index >= 15 is 0 Å². The maximum absolute atomic E-state index is 13.3. The molecule has 32 heavy (non-hydrogen) atoms. The maximum atomic E-state index is 13.3. The Bertz CT molecular complexity index is 1450. The minimum atomic E-state index is -4.32. The molecule has 0 saturated carbocycles. The molecule has 0 aliphatic heterocycles. The van der Waals surface area contributed by atoms with E-state index < -0.39 is 21.3 Å². The number of hydrogen-bond donors (Lipinski definition) is 0. The summed E-state index contributed by atoms with van der Waals surface area (Å²) >= 11 is 0. The van der Waals surface area contributed by atoms with Gasteiger partial charge in [0.15, 0.2) is 5.76 Å². The van der Waals surface area contributed by atoms with Crippen LogP contribution >= 0.6 is 0 Å². The molecular formula is C24H20O7S. The van der Waals surface area contributed by atoms with Crippen molar-refractivity contribution in [2.75, 3.05) is 14.2 Å². The SMILES string of the molecule is COc1ccc(OC)c(-c2oc3ccccc3c(=O)c2OS(=O)(=O)c2ccc(C)cc2)c1. The smallest absolute Gasteiger partial charge is 0.339 e. The topological polar surface area (TPSA) is 92.0 Å². The molecule has 0 N–H and O–H groups in total. The first-order valence-corrected chi connectivity index (χ1v) is 11.0. The van der Waals surface area contributed by atoms with Crippen LogP contribution in [0.25, 0.3) is 22.3 Å². The summed E-state index contributed by atoms with van der Waals surface area (Å²) in [7, 11) is -1.38. The Kier molecular flexibility index (Phi) is 5.63. The Morgan fingerprint density at radius 1 is 0.875 bits per heavy atom. The molecule has 8 heteroatoms. The summed E-state index contributed by atoms with van der Waals surface area (Å²) in [6.45, 7) is 1.84. The van der Waals surface area contributed by atoms with E-state index in [4.69, 9.17) is 18.1 Å². The van der Waals surface area contributed by atoms with E-state index in [2.05, 4.69) is 0 Å². The van der Waals surface area contributed by atoms with Crippen LogP contribution in [0, 0.1) is 6.92 Å². The third kappa shape index (κ3) is 3.92. The Labute approximate surface area is 184 Å². The van der Waals surface area contributed by atoms with E-state index in [1.807, 2.05) is 6.92 Å². The fourth-order valence-electron chi connectivity index (χ4n) is 3.23. The van der Waals surface area contributed by atoms with E-state index in [0.29, 0.717) is 17.1 Å². The van der Waals surface area contributed by atoms with Crippen LogP contribution in [0.4, 0.5) is 0 Å². The predicted octanol–water partition coefficient (Wildman–Crippen LogP) is 4.55. The first kappa shape index (κ1) is 21.5. The summed E-state index contributed by atoms with van der Waals surface area (Å²) in [5, 5.41) is 0.187. The fourth-order valence-corrected chi connectivity index (χ4v) is 4.17. The van der Waals surface area contributed by atoms with Gasteiger partial charge in [-0.05, 0) is 49.4 Å². The number of hydrogen-bond acceptors (Lipinski definition) is 7. The minimum absolute atomic E-state index is 0.0832. The third-order valence-corrected chi connectivity index (χ3v) is 6.15. The summed E-state index contributed by atoms with van der Waals surface area (Å²) in [4.78, 5) is 13.2. The number of benzene rings is 3. The molecule has 7 nitrogen and oxygen atoms in total. The van der Waals surface area contributed by atoms with Gasteiger partial charge in [0.25, 0.3) is 0 Å². The quantitative estimate of drug-likeness (QED) is 0.396. The number of fused-ring (bicyclic) bond motifs is 1. The Balaban J connectivity index is 1.99. The van der Waals surface area contributed by atoms with Gasteiger partial charge in [0.05, 0.1) is 25.2 Å². The molecule has 0 atom stereocenters. The van der Waals surface area contributed by atoms with E-state index in [1.165, 1.54) is 26.4 Å². The fraction of sp³-hybridized carbons (Fsp3) is 0.125. The number of para-hydroxylation sites is 1. The van der Waals surface area contributed by atoms with Gasteiger partial charge in [0.2, 0.25) is 11.2 Å². The molecule has 0 bridgehead atoms. The van der Waals surface area contributed by atoms with Gasteiger partial charge >= 0.3 is 10.1 Å². The first-order chi connectivity index (χ1) is 15.3. The Morgan fingerprint density at radius 2 is 1.59 bits per heavy atom. The lowest BCUT2D eigenvalue weighted by Crippen LogP contribution is -2.17. The van der Waals surface area contributed by atoms with Crippen LogP contribution < -0.4 is 19.1 Å². The highest BCUT2D eigenvalue weighted by atomic mass is 32.2. The predicted molar refractivity (Wildman–Crippen MR) is 120 cm³/mol. The summed E-state index contributed by atoms with van der Waals surface area (Å²) in [6.07, 6.45) is 0. The average Bonchev–Trinajstić information content (AvgIpc) is 2.80. The van der Waals surface area contributed by atoms with Crippen molar-refractivity contribution >= 4 is 21.1 Å². The van der Waals surface area contributed by atoms with Crippen molar-refractivity contribution in [3.8, 4) is 28.6 Å². The van der Waals surface area contributed by atoms with Crippen LogP contribution in [-0.4, -0.2) is 22.6 Å². The second-order valence-electron chi connectivity index (χ2n) is 7.00. The van der Waals surface area contributed by atoms with Crippen LogP contribution in [0.1, 0.15) is 5.56 Å². The van der Waals surface area contributed by atoms with Crippen LogP contribution in [-0.2, 0) is 10.1 Å². The van der Waals surface area contributed by atoms with Gasteiger partial charge in [-0.3, -0.25) is 4.79 Å². The van der Waals surface area contributed by atoms with Crippen molar-refractivity contribution in [1.29, 1.82) is 0 Å². The minimum Gasteiger partial charge on any atom is -0.497 e. The van der Waals surface area contributed by atoms with Gasteiger partial charge in [-0.25, -0.2) is 0 Å². The van der Waals surface area contributed by atoms with E-state index in [0.717, 1.165) is 5.56 Å². The second-order valence-corrected chi connectivity index (χ2v) is 8.55. The van der Waals surface area contributed by atoms with E-state index in [-0.39, 0.29) is 21.6 Å². The highest BCUT2D eigenvalue weighted by Crippen LogP contribution is 2.39. The van der Waals surface area contributed by atoms with Crippen LogP contribution in [0.15, 0.2) is 80.8 Å². The van der Waals surface area contributed by atoms with Crippen molar-refractivity contribution in [2.45, 2.75) is 11.8 Å². The second kappa shape index (κ2) is 8.39. The molecule has 1 heterocycles.